The molecule has 0 unspecified atom stereocenters. The number of nitrogens with zero attached hydrogens (tertiary/aromatic N) is 1. The van der Waals surface area contributed by atoms with Gasteiger partial charge in [0.2, 0.25) is 0 Å². The molecule has 0 saturated carbocycles. The van der Waals surface area contributed by atoms with Gasteiger partial charge in [0.05, 0.1) is 28.2 Å². The van der Waals surface area contributed by atoms with Crippen molar-refractivity contribution in [1.29, 1.82) is 0 Å². The van der Waals surface area contributed by atoms with Crippen LogP contribution >= 0.6 is 11.6 Å². The van der Waals surface area contributed by atoms with Gasteiger partial charge in [-0.15, -0.1) is 0 Å². The van der Waals surface area contributed by atoms with Crippen molar-refractivity contribution in [2.45, 2.75) is 25.7 Å². The summed E-state index contributed by atoms with van der Waals surface area (Å²) in [5, 5.41) is 12.6. The van der Waals surface area contributed by atoms with Crippen LogP contribution in [0.2, 0.25) is 5.02 Å². The van der Waals surface area contributed by atoms with Gasteiger partial charge in [-0.3, -0.25) is 4.79 Å². The minimum atomic E-state index is -4.63. The molecule has 5 nitrogen and oxygen atoms in total. The number of carbonyl (C=O) groups is 2. The summed E-state index contributed by atoms with van der Waals surface area (Å²) in [6.45, 7) is 2.00. The van der Waals surface area contributed by atoms with E-state index in [1.54, 1.807) is 60.2 Å². The lowest BCUT2D eigenvalue weighted by Crippen LogP contribution is -2.27. The van der Waals surface area contributed by atoms with Crippen LogP contribution in [0.5, 0.6) is 0 Å². The van der Waals surface area contributed by atoms with E-state index in [0.29, 0.717) is 22.6 Å². The molecule has 0 spiro atoms. The maximum absolute atomic E-state index is 13.6. The fourth-order valence-corrected chi connectivity index (χ4v) is 4.00. The Morgan fingerprint density at radius 1 is 1.03 bits per heavy atom. The maximum atomic E-state index is 13.6. The van der Waals surface area contributed by atoms with Crippen LogP contribution in [-0.2, 0) is 12.7 Å². The zero-order valence-corrected chi connectivity index (χ0v) is 19.2. The van der Waals surface area contributed by atoms with E-state index in [4.69, 9.17) is 16.7 Å². The third-order valence-corrected chi connectivity index (χ3v) is 5.96. The van der Waals surface area contributed by atoms with E-state index in [1.165, 1.54) is 12.1 Å². The first kappa shape index (κ1) is 24.3. The predicted octanol–water partition coefficient (Wildman–Crippen LogP) is 6.55. The molecule has 35 heavy (non-hydrogen) atoms. The van der Waals surface area contributed by atoms with Crippen molar-refractivity contribution >= 4 is 34.4 Å². The first-order valence-corrected chi connectivity index (χ1v) is 11.0. The van der Waals surface area contributed by atoms with E-state index >= 15 is 0 Å². The number of fused-ring (bicyclic) bond motifs is 1. The number of halogens is 4. The first-order chi connectivity index (χ1) is 16.5. The molecule has 2 N–H and O–H groups in total. The smallest absolute Gasteiger partial charge is 0.416 e. The molecule has 0 aliphatic carbocycles. The van der Waals surface area contributed by atoms with Crippen LogP contribution in [0.1, 0.15) is 50.4 Å². The third kappa shape index (κ3) is 5.33. The van der Waals surface area contributed by atoms with Crippen molar-refractivity contribution in [3.63, 3.8) is 0 Å². The number of carbonyl (C=O) groups excluding carboxylic acids is 1. The summed E-state index contributed by atoms with van der Waals surface area (Å²) in [7, 11) is 0. The van der Waals surface area contributed by atoms with Gasteiger partial charge in [-0.1, -0.05) is 35.9 Å². The summed E-state index contributed by atoms with van der Waals surface area (Å²) >= 11 is 5.94. The van der Waals surface area contributed by atoms with Crippen LogP contribution in [0.25, 0.3) is 10.9 Å². The highest BCUT2D eigenvalue weighted by Crippen LogP contribution is 2.34. The normalized spacial score (nSPS) is 12.5. The lowest BCUT2D eigenvalue weighted by atomic mass is 10.0. The molecule has 0 fully saturated rings. The zero-order valence-electron chi connectivity index (χ0n) is 18.4. The molecule has 3 aromatic carbocycles. The van der Waals surface area contributed by atoms with Gasteiger partial charge < -0.3 is 15.0 Å². The third-order valence-electron chi connectivity index (χ3n) is 5.70. The van der Waals surface area contributed by atoms with Gasteiger partial charge in [0, 0.05) is 23.2 Å². The molecule has 0 bridgehead atoms. The lowest BCUT2D eigenvalue weighted by Gasteiger charge is -2.17. The molecular formula is C26H20ClF3N2O3. The largest absolute Gasteiger partial charge is 0.478 e. The van der Waals surface area contributed by atoms with Crippen molar-refractivity contribution in [1.82, 2.24) is 9.88 Å². The van der Waals surface area contributed by atoms with Crippen LogP contribution in [0.3, 0.4) is 0 Å². The summed E-state index contributed by atoms with van der Waals surface area (Å²) in [6.07, 6.45) is -2.98. The highest BCUT2D eigenvalue weighted by atomic mass is 35.5. The van der Waals surface area contributed by atoms with Gasteiger partial charge in [-0.25, -0.2) is 4.79 Å². The Labute approximate surface area is 203 Å². The van der Waals surface area contributed by atoms with Crippen molar-refractivity contribution < 1.29 is 27.9 Å². The molecule has 1 aromatic heterocycles. The van der Waals surface area contributed by atoms with E-state index in [1.807, 2.05) is 0 Å². The Hall–Kier alpha value is -3.78. The number of hydrogen-bond donors (Lipinski definition) is 2. The summed E-state index contributed by atoms with van der Waals surface area (Å²) in [5.41, 5.74) is 0.916. The topological polar surface area (TPSA) is 71.3 Å². The van der Waals surface area contributed by atoms with Gasteiger partial charge in [0.15, 0.2) is 0 Å². The maximum Gasteiger partial charge on any atom is 0.416 e. The molecule has 1 atom stereocenters. The van der Waals surface area contributed by atoms with Gasteiger partial charge in [0.1, 0.15) is 0 Å². The number of carboxylic acid groups (broad SMARTS) is 1. The monoisotopic (exact) mass is 500 g/mol. The van der Waals surface area contributed by atoms with Gasteiger partial charge in [0.25, 0.3) is 5.91 Å². The quantitative estimate of drug-likeness (QED) is 0.315. The second-order valence-electron chi connectivity index (χ2n) is 8.15. The summed E-state index contributed by atoms with van der Waals surface area (Å²) in [5.74, 6) is -1.76. The summed E-state index contributed by atoms with van der Waals surface area (Å²) in [6, 6.07) is 15.8. The van der Waals surface area contributed by atoms with Crippen LogP contribution < -0.4 is 5.32 Å². The minimum absolute atomic E-state index is 0.0897. The molecule has 180 valence electrons. The van der Waals surface area contributed by atoms with Gasteiger partial charge >= 0.3 is 12.1 Å². The second-order valence-corrected chi connectivity index (χ2v) is 8.59. The Morgan fingerprint density at radius 2 is 1.69 bits per heavy atom. The molecule has 1 heterocycles. The average Bonchev–Trinajstić information content (AvgIpc) is 3.22. The minimum Gasteiger partial charge on any atom is -0.478 e. The number of rotatable bonds is 6. The standard InChI is InChI=1S/C26H20ClF3N2O3/c1-15(17-4-6-18(7-5-17)25(34)35)31-24(33)22-13-20(26(28,29)30)12-19-10-11-32(23(19)22)14-16-2-8-21(27)9-3-16/h2-13,15H,14H2,1H3,(H,31,33)(H,34,35)/t15-/m0/s1. The first-order valence-electron chi connectivity index (χ1n) is 10.6. The lowest BCUT2D eigenvalue weighted by molar-refractivity contribution is -0.137. The molecule has 4 aromatic rings. The molecule has 0 saturated heterocycles. The van der Waals surface area contributed by atoms with Crippen LogP contribution in [0.15, 0.2) is 72.9 Å². The fourth-order valence-electron chi connectivity index (χ4n) is 3.88. The van der Waals surface area contributed by atoms with Crippen LogP contribution in [0.4, 0.5) is 13.2 Å². The Balaban J connectivity index is 1.71. The predicted molar refractivity (Wildman–Crippen MR) is 127 cm³/mol. The number of carboxylic acids is 1. The van der Waals surface area contributed by atoms with E-state index in [0.717, 1.165) is 17.7 Å². The van der Waals surface area contributed by atoms with Gasteiger partial charge in [-0.05, 0) is 60.5 Å². The number of aromatic carboxylic acids is 1. The molecule has 0 aliphatic rings. The Bertz CT molecular complexity index is 1390. The van der Waals surface area contributed by atoms with Crippen LogP contribution in [-0.4, -0.2) is 21.6 Å². The molecule has 0 radical (unpaired) electrons. The zero-order chi connectivity index (χ0) is 25.3. The van der Waals surface area contributed by atoms with Crippen molar-refractivity contribution in [2.75, 3.05) is 0 Å². The molecule has 4 rings (SSSR count). The van der Waals surface area contributed by atoms with Gasteiger partial charge in [-0.2, -0.15) is 13.2 Å². The number of alkyl halides is 3. The molecule has 1 amide bonds. The average molecular weight is 501 g/mol. The fraction of sp³-hybridized carbons (Fsp3) is 0.154. The number of benzene rings is 3. The highest BCUT2D eigenvalue weighted by Gasteiger charge is 2.33. The highest BCUT2D eigenvalue weighted by molar-refractivity contribution is 6.30. The summed E-state index contributed by atoms with van der Waals surface area (Å²) in [4.78, 5) is 24.3. The SMILES string of the molecule is C[C@H](NC(=O)c1cc(C(F)(F)F)cc2ccn(Cc3ccc(Cl)cc3)c12)c1ccc(C(=O)O)cc1. The number of nitrogens with one attached hydrogen (secondary N) is 1. The number of hydrogen-bond acceptors (Lipinski definition) is 2. The number of amides is 1. The van der Waals surface area contributed by atoms with Crippen molar-refractivity contribution in [3.05, 3.63) is 106 Å². The molecular weight excluding hydrogens is 481 g/mol. The van der Waals surface area contributed by atoms with E-state index in [9.17, 15) is 22.8 Å². The number of aromatic nitrogens is 1. The van der Waals surface area contributed by atoms with E-state index < -0.39 is 29.7 Å². The van der Waals surface area contributed by atoms with E-state index in [2.05, 4.69) is 5.32 Å². The summed E-state index contributed by atoms with van der Waals surface area (Å²) < 4.78 is 42.5. The molecule has 0 aliphatic heterocycles. The van der Waals surface area contributed by atoms with Crippen molar-refractivity contribution in [3.8, 4) is 0 Å². The Kier molecular flexibility index (Phi) is 6.58. The van der Waals surface area contributed by atoms with E-state index in [-0.39, 0.29) is 16.5 Å². The Morgan fingerprint density at radius 3 is 2.29 bits per heavy atom. The molecule has 9 heteroatoms. The van der Waals surface area contributed by atoms with Crippen LogP contribution in [0, 0.1) is 0 Å². The second kappa shape index (κ2) is 9.46. The van der Waals surface area contributed by atoms with Crippen molar-refractivity contribution in [2.24, 2.45) is 0 Å².